The summed E-state index contributed by atoms with van der Waals surface area (Å²) in [6.07, 6.45) is -9.10. The monoisotopic (exact) mass is 592 g/mol. The van der Waals surface area contributed by atoms with Crippen molar-refractivity contribution in [1.82, 2.24) is 0 Å². The van der Waals surface area contributed by atoms with E-state index < -0.39 is 45.9 Å². The van der Waals surface area contributed by atoms with Crippen LogP contribution in [0.4, 0.5) is 26.3 Å². The molecule has 0 amide bonds. The smallest absolute Gasteiger partial charge is 0.421 e. The van der Waals surface area contributed by atoms with Gasteiger partial charge < -0.3 is 9.11 Å². The van der Waals surface area contributed by atoms with Crippen LogP contribution in [0, 0.1) is 0 Å². The summed E-state index contributed by atoms with van der Waals surface area (Å²) >= 11 is -3.68. The van der Waals surface area contributed by atoms with Gasteiger partial charge in [-0.1, -0.05) is 97.1 Å². The Balaban J connectivity index is 0.000000220. The SMILES string of the molecule is [O-][S+](/C=C(/c1ccccc1)C(F)(F)F)c1ccccc1.[O-][S+](/C=C(/c1ccccc1)C(F)(F)F)c1ccccc1. The lowest BCUT2D eigenvalue weighted by Gasteiger charge is -2.13. The zero-order valence-corrected chi connectivity index (χ0v) is 22.2. The molecular weight excluding hydrogens is 570 g/mol. The van der Waals surface area contributed by atoms with E-state index in [1.165, 1.54) is 72.8 Å². The van der Waals surface area contributed by atoms with Crippen LogP contribution in [0.15, 0.2) is 142 Å². The second-order valence-electron chi connectivity index (χ2n) is 8.01. The normalized spacial score (nSPS) is 14.1. The number of halogens is 6. The van der Waals surface area contributed by atoms with Crippen LogP contribution in [0.3, 0.4) is 0 Å². The highest BCUT2D eigenvalue weighted by molar-refractivity contribution is 7.94. The average Bonchev–Trinajstić information content (AvgIpc) is 2.95. The Morgan fingerprint density at radius 1 is 0.450 bits per heavy atom. The van der Waals surface area contributed by atoms with Gasteiger partial charge in [-0.2, -0.15) is 26.3 Å². The van der Waals surface area contributed by atoms with Crippen molar-refractivity contribution in [3.8, 4) is 0 Å². The molecule has 0 N–H and O–H groups in total. The van der Waals surface area contributed by atoms with Crippen LogP contribution in [0.1, 0.15) is 11.1 Å². The number of allylic oxidation sites excluding steroid dienone is 2. The molecule has 0 fully saturated rings. The molecule has 0 heterocycles. The minimum Gasteiger partial charge on any atom is -0.607 e. The molecule has 0 bridgehead atoms. The first kappa shape index (κ1) is 31.1. The first-order chi connectivity index (χ1) is 19.0. The second-order valence-corrected chi connectivity index (χ2v) is 10.6. The van der Waals surface area contributed by atoms with Crippen molar-refractivity contribution < 1.29 is 35.4 Å². The first-order valence-electron chi connectivity index (χ1n) is 11.6. The molecule has 2 atom stereocenters. The molecule has 2 nitrogen and oxygen atoms in total. The maximum absolute atomic E-state index is 13.1. The van der Waals surface area contributed by atoms with Crippen LogP contribution >= 0.6 is 0 Å². The van der Waals surface area contributed by atoms with Crippen molar-refractivity contribution in [2.75, 3.05) is 0 Å². The van der Waals surface area contributed by atoms with Crippen molar-refractivity contribution in [2.24, 2.45) is 0 Å². The Morgan fingerprint density at radius 2 is 0.700 bits per heavy atom. The van der Waals surface area contributed by atoms with Crippen LogP contribution in [0.2, 0.25) is 0 Å². The van der Waals surface area contributed by atoms with Gasteiger partial charge in [-0.3, -0.25) is 0 Å². The number of alkyl halides is 6. The fraction of sp³-hybridized carbons (Fsp3) is 0.0667. The molecule has 4 aromatic carbocycles. The molecule has 0 radical (unpaired) electrons. The van der Waals surface area contributed by atoms with E-state index in [0.717, 1.165) is 10.8 Å². The third-order valence-electron chi connectivity index (χ3n) is 5.18. The third-order valence-corrected chi connectivity index (χ3v) is 7.55. The molecule has 208 valence electrons. The van der Waals surface area contributed by atoms with E-state index in [0.29, 0.717) is 9.79 Å². The van der Waals surface area contributed by atoms with E-state index in [1.54, 1.807) is 48.5 Å². The summed E-state index contributed by atoms with van der Waals surface area (Å²) in [5.41, 5.74) is -1.77. The van der Waals surface area contributed by atoms with Gasteiger partial charge in [-0.25, -0.2) is 0 Å². The van der Waals surface area contributed by atoms with Crippen molar-refractivity contribution in [2.45, 2.75) is 22.1 Å². The van der Waals surface area contributed by atoms with Gasteiger partial charge >= 0.3 is 12.4 Å². The van der Waals surface area contributed by atoms with E-state index in [-0.39, 0.29) is 11.1 Å². The summed E-state index contributed by atoms with van der Waals surface area (Å²) in [6, 6.07) is 30.8. The largest absolute Gasteiger partial charge is 0.607 e. The Morgan fingerprint density at radius 3 is 0.950 bits per heavy atom. The lowest BCUT2D eigenvalue weighted by Crippen LogP contribution is -2.13. The topological polar surface area (TPSA) is 46.1 Å². The van der Waals surface area contributed by atoms with Crippen molar-refractivity contribution in [3.63, 3.8) is 0 Å². The van der Waals surface area contributed by atoms with Crippen LogP contribution in [0.25, 0.3) is 11.1 Å². The molecule has 4 rings (SSSR count). The molecule has 2 unspecified atom stereocenters. The molecule has 0 saturated heterocycles. The fourth-order valence-corrected chi connectivity index (χ4v) is 5.38. The maximum atomic E-state index is 13.1. The van der Waals surface area contributed by atoms with Gasteiger partial charge in [0.05, 0.1) is 0 Å². The Hall–Kier alpha value is -3.44. The predicted octanol–water partition coefficient (Wildman–Crippen LogP) is 8.80. The molecule has 0 spiro atoms. The van der Waals surface area contributed by atoms with Crippen LogP contribution in [-0.2, 0) is 22.4 Å². The highest BCUT2D eigenvalue weighted by atomic mass is 32.2. The molecular formula is C30H22F6O2S2. The number of benzene rings is 4. The Kier molecular flexibility index (Phi) is 11.1. The van der Waals surface area contributed by atoms with E-state index in [1.807, 2.05) is 0 Å². The van der Waals surface area contributed by atoms with E-state index >= 15 is 0 Å². The molecule has 40 heavy (non-hydrogen) atoms. The number of hydrogen-bond donors (Lipinski definition) is 0. The molecule has 10 heteroatoms. The summed E-state index contributed by atoms with van der Waals surface area (Å²) in [5, 5.41) is 1.51. The zero-order chi connectivity index (χ0) is 29.2. The van der Waals surface area contributed by atoms with Gasteiger partial charge in [0, 0.05) is 22.4 Å². The molecule has 0 aromatic heterocycles. The van der Waals surface area contributed by atoms with Gasteiger partial charge in [0.2, 0.25) is 0 Å². The van der Waals surface area contributed by atoms with Crippen molar-refractivity contribution in [3.05, 3.63) is 143 Å². The second kappa shape index (κ2) is 14.3. The molecule has 4 aromatic rings. The van der Waals surface area contributed by atoms with E-state index in [4.69, 9.17) is 0 Å². The summed E-state index contributed by atoms with van der Waals surface area (Å²) < 4.78 is 102. The van der Waals surface area contributed by atoms with Gasteiger partial charge in [0.1, 0.15) is 22.0 Å². The Bertz CT molecular complexity index is 1270. The van der Waals surface area contributed by atoms with Gasteiger partial charge in [0.25, 0.3) is 0 Å². The van der Waals surface area contributed by atoms with E-state index in [2.05, 4.69) is 0 Å². The maximum Gasteiger partial charge on any atom is 0.421 e. The van der Waals surface area contributed by atoms with Crippen molar-refractivity contribution in [1.29, 1.82) is 0 Å². The van der Waals surface area contributed by atoms with Crippen LogP contribution < -0.4 is 0 Å². The third kappa shape index (κ3) is 9.34. The lowest BCUT2D eigenvalue weighted by atomic mass is 10.1. The first-order valence-corrected chi connectivity index (χ1v) is 14.0. The fourth-order valence-electron chi connectivity index (χ4n) is 3.29. The quantitative estimate of drug-likeness (QED) is 0.166. The Labute approximate surface area is 234 Å². The molecule has 0 saturated carbocycles. The van der Waals surface area contributed by atoms with Crippen molar-refractivity contribution >= 4 is 33.5 Å². The minimum absolute atomic E-state index is 0.00396. The summed E-state index contributed by atoms with van der Waals surface area (Å²) in [5.74, 6) is 0. The standard InChI is InChI=1S/2C15H11F3OS/c2*16-15(17,18)14(12-7-3-1-4-8-12)11-20(19)13-9-5-2-6-10-13/h2*1-11H/b2*14-11-. The van der Waals surface area contributed by atoms with Gasteiger partial charge in [0.15, 0.2) is 9.79 Å². The average molecular weight is 593 g/mol. The molecule has 0 aliphatic heterocycles. The minimum atomic E-state index is -4.55. The number of rotatable bonds is 6. The zero-order valence-electron chi connectivity index (χ0n) is 20.6. The summed E-state index contributed by atoms with van der Waals surface area (Å²) in [7, 11) is 0. The molecule has 0 aliphatic carbocycles. The number of hydrogen-bond acceptors (Lipinski definition) is 2. The highest BCUT2D eigenvalue weighted by Gasteiger charge is 2.38. The highest BCUT2D eigenvalue weighted by Crippen LogP contribution is 2.36. The van der Waals surface area contributed by atoms with Gasteiger partial charge in [-0.15, -0.1) is 0 Å². The van der Waals surface area contributed by atoms with Crippen LogP contribution in [-0.4, -0.2) is 21.5 Å². The summed E-state index contributed by atoms with van der Waals surface area (Å²) in [6.45, 7) is 0. The van der Waals surface area contributed by atoms with Crippen LogP contribution in [0.5, 0.6) is 0 Å². The summed E-state index contributed by atoms with van der Waals surface area (Å²) in [4.78, 5) is 0.676. The lowest BCUT2D eigenvalue weighted by molar-refractivity contribution is -0.0696. The molecule has 0 aliphatic rings. The van der Waals surface area contributed by atoms with Gasteiger partial charge in [-0.05, 0) is 35.4 Å². The predicted molar refractivity (Wildman–Crippen MR) is 147 cm³/mol. The van der Waals surface area contributed by atoms with E-state index in [9.17, 15) is 35.4 Å².